The number of nitrogens with zero attached hydrogens (tertiary/aromatic N) is 2. The number of para-hydroxylation sites is 2. The molecule has 0 fully saturated rings. The van der Waals surface area contributed by atoms with Gasteiger partial charge in [-0.25, -0.2) is 4.79 Å². The summed E-state index contributed by atoms with van der Waals surface area (Å²) in [5, 5.41) is 5.02. The van der Waals surface area contributed by atoms with E-state index < -0.39 is 0 Å². The van der Waals surface area contributed by atoms with Crippen molar-refractivity contribution in [2.24, 2.45) is 7.05 Å². The Bertz CT molecular complexity index is 842. The number of thiophene rings is 1. The predicted octanol–water partition coefficient (Wildman–Crippen LogP) is 4.72. The number of hydrogen-bond donors (Lipinski definition) is 1. The van der Waals surface area contributed by atoms with Crippen molar-refractivity contribution in [3.05, 3.63) is 70.7 Å². The molecular weight excluding hydrogens is 346 g/mol. The summed E-state index contributed by atoms with van der Waals surface area (Å²) >= 11 is 1.65. The number of nitrogens with one attached hydrogen (secondary N) is 1. The van der Waals surface area contributed by atoms with Gasteiger partial charge < -0.3 is 19.5 Å². The summed E-state index contributed by atoms with van der Waals surface area (Å²) in [7, 11) is 1.99. The van der Waals surface area contributed by atoms with Crippen LogP contribution in [-0.2, 0) is 20.1 Å². The molecule has 3 aromatic rings. The van der Waals surface area contributed by atoms with E-state index in [9.17, 15) is 4.79 Å². The predicted molar refractivity (Wildman–Crippen MR) is 106 cm³/mol. The molecule has 2 amide bonds. The minimum absolute atomic E-state index is 0.147. The molecule has 136 valence electrons. The monoisotopic (exact) mass is 369 g/mol. The van der Waals surface area contributed by atoms with Gasteiger partial charge in [-0.2, -0.15) is 0 Å². The first kappa shape index (κ1) is 18.1. The van der Waals surface area contributed by atoms with Crippen molar-refractivity contribution in [3.8, 4) is 5.75 Å². The van der Waals surface area contributed by atoms with Gasteiger partial charge in [0, 0.05) is 23.8 Å². The normalized spacial score (nSPS) is 10.5. The molecule has 0 radical (unpaired) electrons. The van der Waals surface area contributed by atoms with Crippen molar-refractivity contribution in [2.75, 3.05) is 11.9 Å². The third-order valence-corrected chi connectivity index (χ3v) is 4.91. The Morgan fingerprint density at radius 3 is 2.69 bits per heavy atom. The zero-order valence-corrected chi connectivity index (χ0v) is 15.8. The lowest BCUT2D eigenvalue weighted by Gasteiger charge is -2.23. The van der Waals surface area contributed by atoms with Crippen LogP contribution in [0.1, 0.15) is 17.5 Å². The number of anilines is 1. The molecule has 0 saturated carbocycles. The number of benzene rings is 1. The molecule has 1 N–H and O–H groups in total. The maximum atomic E-state index is 13.0. The Hall–Kier alpha value is -2.73. The third-order valence-electron chi connectivity index (χ3n) is 4.05. The molecular formula is C20H23N3O2S. The number of amides is 2. The number of aromatic nitrogens is 1. The number of hydrogen-bond acceptors (Lipinski definition) is 3. The van der Waals surface area contributed by atoms with E-state index in [4.69, 9.17) is 4.74 Å². The number of carbonyl (C=O) groups excluding carboxylic acids is 1. The van der Waals surface area contributed by atoms with Gasteiger partial charge in [-0.15, -0.1) is 11.3 Å². The number of rotatable bonds is 7. The molecule has 26 heavy (non-hydrogen) atoms. The summed E-state index contributed by atoms with van der Waals surface area (Å²) in [5.41, 5.74) is 1.76. The molecule has 2 heterocycles. The lowest BCUT2D eigenvalue weighted by molar-refractivity contribution is 0.205. The summed E-state index contributed by atoms with van der Waals surface area (Å²) in [5.74, 6) is 0.679. The average Bonchev–Trinajstić information content (AvgIpc) is 3.28. The molecule has 0 atom stereocenters. The molecule has 0 spiro atoms. The van der Waals surface area contributed by atoms with Crippen LogP contribution in [0.25, 0.3) is 0 Å². The van der Waals surface area contributed by atoms with Crippen molar-refractivity contribution in [1.82, 2.24) is 9.47 Å². The fourth-order valence-electron chi connectivity index (χ4n) is 2.69. The first-order chi connectivity index (χ1) is 12.7. The highest BCUT2D eigenvalue weighted by atomic mass is 32.1. The highest BCUT2D eigenvalue weighted by molar-refractivity contribution is 7.09. The fraction of sp³-hybridized carbons (Fsp3) is 0.250. The van der Waals surface area contributed by atoms with Gasteiger partial charge in [-0.1, -0.05) is 18.2 Å². The molecule has 5 nitrogen and oxygen atoms in total. The first-order valence-corrected chi connectivity index (χ1v) is 9.45. The Morgan fingerprint density at radius 2 is 2.00 bits per heavy atom. The second kappa shape index (κ2) is 8.58. The second-order valence-corrected chi connectivity index (χ2v) is 6.94. The quantitative estimate of drug-likeness (QED) is 0.655. The van der Waals surface area contributed by atoms with Crippen LogP contribution in [0.15, 0.2) is 60.1 Å². The molecule has 6 heteroatoms. The van der Waals surface area contributed by atoms with E-state index in [0.29, 0.717) is 31.1 Å². The lowest BCUT2D eigenvalue weighted by atomic mass is 10.3. The minimum atomic E-state index is -0.147. The van der Waals surface area contributed by atoms with Gasteiger partial charge in [-0.05, 0) is 42.6 Å². The van der Waals surface area contributed by atoms with Crippen LogP contribution in [0, 0.1) is 0 Å². The summed E-state index contributed by atoms with van der Waals surface area (Å²) < 4.78 is 7.64. The van der Waals surface area contributed by atoms with Crippen LogP contribution in [-0.4, -0.2) is 22.1 Å². The van der Waals surface area contributed by atoms with Gasteiger partial charge in [0.25, 0.3) is 0 Å². The molecule has 2 aromatic heterocycles. The topological polar surface area (TPSA) is 46.5 Å². The van der Waals surface area contributed by atoms with E-state index in [1.807, 2.05) is 83.5 Å². The lowest BCUT2D eigenvalue weighted by Crippen LogP contribution is -2.34. The highest BCUT2D eigenvalue weighted by Crippen LogP contribution is 2.25. The van der Waals surface area contributed by atoms with Crippen molar-refractivity contribution >= 4 is 23.1 Å². The van der Waals surface area contributed by atoms with Crippen molar-refractivity contribution in [3.63, 3.8) is 0 Å². The molecule has 0 bridgehead atoms. The Balaban J connectivity index is 1.79. The SMILES string of the molecule is CCOc1ccccc1NC(=O)N(Cc1cccs1)Cc1cccn1C. The summed E-state index contributed by atoms with van der Waals surface area (Å²) in [4.78, 5) is 15.9. The van der Waals surface area contributed by atoms with E-state index in [0.717, 1.165) is 10.6 Å². The molecule has 0 aliphatic heterocycles. The molecule has 0 saturated heterocycles. The van der Waals surface area contributed by atoms with Crippen LogP contribution in [0.4, 0.5) is 10.5 Å². The number of urea groups is 1. The van der Waals surface area contributed by atoms with E-state index >= 15 is 0 Å². The zero-order valence-electron chi connectivity index (χ0n) is 15.0. The highest BCUT2D eigenvalue weighted by Gasteiger charge is 2.18. The van der Waals surface area contributed by atoms with Crippen molar-refractivity contribution in [2.45, 2.75) is 20.0 Å². The van der Waals surface area contributed by atoms with Crippen LogP contribution in [0.5, 0.6) is 5.75 Å². The smallest absolute Gasteiger partial charge is 0.322 e. The number of carbonyl (C=O) groups is 1. The number of aryl methyl sites for hydroxylation is 1. The molecule has 0 unspecified atom stereocenters. The van der Waals surface area contributed by atoms with E-state index in [1.54, 1.807) is 11.3 Å². The second-order valence-electron chi connectivity index (χ2n) is 5.91. The summed E-state index contributed by atoms with van der Waals surface area (Å²) in [6.45, 7) is 3.57. The van der Waals surface area contributed by atoms with Gasteiger partial charge in [0.1, 0.15) is 5.75 Å². The Kier molecular flexibility index (Phi) is 5.96. The van der Waals surface area contributed by atoms with E-state index in [2.05, 4.69) is 5.32 Å². The van der Waals surface area contributed by atoms with Gasteiger partial charge in [0.05, 0.1) is 25.4 Å². The summed E-state index contributed by atoms with van der Waals surface area (Å²) in [6, 6.07) is 15.4. The molecule has 0 aliphatic carbocycles. The zero-order chi connectivity index (χ0) is 18.4. The van der Waals surface area contributed by atoms with Crippen LogP contribution >= 0.6 is 11.3 Å². The molecule has 1 aromatic carbocycles. The van der Waals surface area contributed by atoms with E-state index in [-0.39, 0.29) is 6.03 Å². The Labute approximate surface area is 157 Å². The largest absolute Gasteiger partial charge is 0.492 e. The van der Waals surface area contributed by atoms with Gasteiger partial charge >= 0.3 is 6.03 Å². The fourth-order valence-corrected chi connectivity index (χ4v) is 3.41. The van der Waals surface area contributed by atoms with Crippen LogP contribution in [0.2, 0.25) is 0 Å². The number of ether oxygens (including phenoxy) is 1. The van der Waals surface area contributed by atoms with Gasteiger partial charge in [-0.3, -0.25) is 0 Å². The van der Waals surface area contributed by atoms with Gasteiger partial charge in [0.2, 0.25) is 0 Å². The van der Waals surface area contributed by atoms with E-state index in [1.165, 1.54) is 0 Å². The maximum absolute atomic E-state index is 13.0. The maximum Gasteiger partial charge on any atom is 0.322 e. The van der Waals surface area contributed by atoms with Crippen LogP contribution < -0.4 is 10.1 Å². The van der Waals surface area contributed by atoms with Crippen molar-refractivity contribution < 1.29 is 9.53 Å². The first-order valence-electron chi connectivity index (χ1n) is 8.57. The average molecular weight is 369 g/mol. The summed E-state index contributed by atoms with van der Waals surface area (Å²) in [6.07, 6.45) is 1.99. The Morgan fingerprint density at radius 1 is 1.15 bits per heavy atom. The van der Waals surface area contributed by atoms with Crippen molar-refractivity contribution in [1.29, 1.82) is 0 Å². The minimum Gasteiger partial charge on any atom is -0.492 e. The molecule has 0 aliphatic rings. The van der Waals surface area contributed by atoms with Crippen LogP contribution in [0.3, 0.4) is 0 Å². The van der Waals surface area contributed by atoms with Gasteiger partial charge in [0.15, 0.2) is 0 Å². The molecule has 3 rings (SSSR count). The third kappa shape index (κ3) is 4.46. The standard InChI is InChI=1S/C20H23N3O2S/c1-3-25-19-11-5-4-10-18(19)21-20(24)23(15-17-9-7-13-26-17)14-16-8-6-12-22(16)2/h4-13H,3,14-15H2,1-2H3,(H,21,24).